The molecule has 5 heteroatoms. The van der Waals surface area contributed by atoms with Crippen molar-refractivity contribution in [2.24, 2.45) is 0 Å². The van der Waals surface area contributed by atoms with Crippen LogP contribution in [0.4, 0.5) is 0 Å². The van der Waals surface area contributed by atoms with Crippen LogP contribution in [-0.2, 0) is 14.3 Å². The fourth-order valence-electron chi connectivity index (χ4n) is 2.24. The molecule has 0 aromatic carbocycles. The smallest absolute Gasteiger partial charge is 0.222 e. The van der Waals surface area contributed by atoms with Gasteiger partial charge in [0, 0.05) is 25.7 Å². The molecule has 2 aliphatic heterocycles. The maximum absolute atomic E-state index is 11.7. The van der Waals surface area contributed by atoms with Crippen LogP contribution < -0.4 is 10.6 Å². The number of morpholine rings is 1. The third-order valence-electron chi connectivity index (χ3n) is 3.23. The molecule has 0 radical (unpaired) electrons. The molecule has 0 bridgehead atoms. The summed E-state index contributed by atoms with van der Waals surface area (Å²) in [6.45, 7) is 3.76. The zero-order chi connectivity index (χ0) is 11.9. The molecule has 2 atom stereocenters. The van der Waals surface area contributed by atoms with Crippen molar-refractivity contribution in [3.05, 3.63) is 0 Å². The minimum absolute atomic E-state index is 0.0873. The van der Waals surface area contributed by atoms with E-state index < -0.39 is 0 Å². The molecular formula is C12H22N2O3. The van der Waals surface area contributed by atoms with Gasteiger partial charge in [0.2, 0.25) is 5.91 Å². The van der Waals surface area contributed by atoms with Crippen molar-refractivity contribution in [3.8, 4) is 0 Å². The van der Waals surface area contributed by atoms with E-state index in [1.165, 1.54) is 6.42 Å². The van der Waals surface area contributed by atoms with Crippen LogP contribution in [0.5, 0.6) is 0 Å². The summed E-state index contributed by atoms with van der Waals surface area (Å²) in [4.78, 5) is 11.7. The number of amides is 1. The molecule has 0 aromatic rings. The topological polar surface area (TPSA) is 59.6 Å². The van der Waals surface area contributed by atoms with Gasteiger partial charge in [-0.1, -0.05) is 0 Å². The Hall–Kier alpha value is -0.650. The normalized spacial score (nSPS) is 29.9. The van der Waals surface area contributed by atoms with Crippen molar-refractivity contribution in [1.29, 1.82) is 0 Å². The van der Waals surface area contributed by atoms with E-state index >= 15 is 0 Å². The first-order chi connectivity index (χ1) is 8.34. The zero-order valence-electron chi connectivity index (χ0n) is 10.2. The van der Waals surface area contributed by atoms with Gasteiger partial charge in [0.05, 0.1) is 25.7 Å². The van der Waals surface area contributed by atoms with Crippen LogP contribution in [0.25, 0.3) is 0 Å². The summed E-state index contributed by atoms with van der Waals surface area (Å²) in [5.74, 6) is 0.0873. The van der Waals surface area contributed by atoms with E-state index in [1.807, 2.05) is 0 Å². The Morgan fingerprint density at radius 1 is 1.35 bits per heavy atom. The molecule has 2 rings (SSSR count). The Labute approximate surface area is 102 Å². The van der Waals surface area contributed by atoms with Crippen molar-refractivity contribution < 1.29 is 14.3 Å². The van der Waals surface area contributed by atoms with Gasteiger partial charge in [0.15, 0.2) is 0 Å². The Bertz CT molecular complexity index is 236. The molecule has 2 fully saturated rings. The van der Waals surface area contributed by atoms with Gasteiger partial charge >= 0.3 is 0 Å². The van der Waals surface area contributed by atoms with Crippen LogP contribution in [0.3, 0.4) is 0 Å². The van der Waals surface area contributed by atoms with Gasteiger partial charge in [0.1, 0.15) is 0 Å². The molecule has 0 spiro atoms. The number of hydrogen-bond acceptors (Lipinski definition) is 4. The number of carbonyl (C=O) groups is 1. The van der Waals surface area contributed by atoms with Gasteiger partial charge in [-0.3, -0.25) is 4.79 Å². The van der Waals surface area contributed by atoms with Crippen molar-refractivity contribution in [3.63, 3.8) is 0 Å². The van der Waals surface area contributed by atoms with Crippen LogP contribution in [0.15, 0.2) is 0 Å². The molecule has 5 nitrogen and oxygen atoms in total. The molecule has 2 saturated heterocycles. The molecule has 0 saturated carbocycles. The molecule has 0 aliphatic carbocycles. The second-order valence-electron chi connectivity index (χ2n) is 4.72. The lowest BCUT2D eigenvalue weighted by molar-refractivity contribution is -0.125. The summed E-state index contributed by atoms with van der Waals surface area (Å²) in [5.41, 5.74) is 0. The predicted molar refractivity (Wildman–Crippen MR) is 63.8 cm³/mol. The molecule has 2 N–H and O–H groups in total. The van der Waals surface area contributed by atoms with E-state index in [9.17, 15) is 4.79 Å². The Kier molecular flexibility index (Phi) is 5.22. The van der Waals surface area contributed by atoms with Crippen LogP contribution in [0.2, 0.25) is 0 Å². The van der Waals surface area contributed by atoms with E-state index in [2.05, 4.69) is 10.6 Å². The summed E-state index contributed by atoms with van der Waals surface area (Å²) in [6, 6.07) is 0.250. The van der Waals surface area contributed by atoms with E-state index in [0.29, 0.717) is 19.6 Å². The van der Waals surface area contributed by atoms with E-state index in [1.54, 1.807) is 0 Å². The lowest BCUT2D eigenvalue weighted by Gasteiger charge is -2.25. The second kappa shape index (κ2) is 6.93. The Morgan fingerprint density at radius 2 is 2.29 bits per heavy atom. The van der Waals surface area contributed by atoms with Crippen molar-refractivity contribution in [1.82, 2.24) is 10.6 Å². The first-order valence-electron chi connectivity index (χ1n) is 6.54. The number of carbonyl (C=O) groups excluding carboxylic acids is 1. The highest BCUT2D eigenvalue weighted by atomic mass is 16.5. The Balaban J connectivity index is 1.59. The maximum atomic E-state index is 11.7. The molecule has 1 amide bonds. The van der Waals surface area contributed by atoms with Crippen molar-refractivity contribution in [2.45, 2.75) is 37.8 Å². The number of nitrogens with one attached hydrogen (secondary N) is 2. The molecule has 98 valence electrons. The molecule has 0 aromatic heterocycles. The zero-order valence-corrected chi connectivity index (χ0v) is 10.2. The van der Waals surface area contributed by atoms with Gasteiger partial charge < -0.3 is 20.1 Å². The monoisotopic (exact) mass is 242 g/mol. The Morgan fingerprint density at radius 3 is 3.00 bits per heavy atom. The van der Waals surface area contributed by atoms with Gasteiger partial charge in [-0.25, -0.2) is 0 Å². The molecular weight excluding hydrogens is 220 g/mol. The standard InChI is InChI=1S/C12H22N2O3/c15-12(7-11-3-1-2-5-17-11)14-8-10-9-16-6-4-13-10/h10-11,13H,1-9H2,(H,14,15). The third kappa shape index (κ3) is 4.61. The minimum Gasteiger partial charge on any atom is -0.378 e. The summed E-state index contributed by atoms with van der Waals surface area (Å²) >= 11 is 0. The van der Waals surface area contributed by atoms with E-state index in [4.69, 9.17) is 9.47 Å². The van der Waals surface area contributed by atoms with Gasteiger partial charge in [-0.2, -0.15) is 0 Å². The average molecular weight is 242 g/mol. The van der Waals surface area contributed by atoms with Crippen LogP contribution in [-0.4, -0.2) is 51.0 Å². The molecule has 2 unspecified atom stereocenters. The molecule has 2 heterocycles. The largest absolute Gasteiger partial charge is 0.378 e. The third-order valence-corrected chi connectivity index (χ3v) is 3.23. The number of rotatable bonds is 4. The first kappa shape index (κ1) is 12.8. The predicted octanol–water partition coefficient (Wildman–Crippen LogP) is 0.0502. The fraction of sp³-hybridized carbons (Fsp3) is 0.917. The maximum Gasteiger partial charge on any atom is 0.222 e. The van der Waals surface area contributed by atoms with E-state index in [-0.39, 0.29) is 18.1 Å². The SMILES string of the molecule is O=C(CC1CCCCO1)NCC1COCCN1. The highest BCUT2D eigenvalue weighted by Crippen LogP contribution is 2.15. The van der Waals surface area contributed by atoms with Crippen molar-refractivity contribution >= 4 is 5.91 Å². The summed E-state index contributed by atoms with van der Waals surface area (Å²) in [5, 5.41) is 6.25. The summed E-state index contributed by atoms with van der Waals surface area (Å²) in [6.07, 6.45) is 3.93. The second-order valence-corrected chi connectivity index (χ2v) is 4.72. The molecule has 17 heavy (non-hydrogen) atoms. The highest BCUT2D eigenvalue weighted by molar-refractivity contribution is 5.76. The van der Waals surface area contributed by atoms with Gasteiger partial charge in [-0.15, -0.1) is 0 Å². The highest BCUT2D eigenvalue weighted by Gasteiger charge is 2.19. The first-order valence-corrected chi connectivity index (χ1v) is 6.54. The van der Waals surface area contributed by atoms with Crippen LogP contribution in [0, 0.1) is 0 Å². The van der Waals surface area contributed by atoms with Gasteiger partial charge in [-0.05, 0) is 19.3 Å². The minimum atomic E-state index is 0.0873. The lowest BCUT2D eigenvalue weighted by Crippen LogP contribution is -2.48. The summed E-state index contributed by atoms with van der Waals surface area (Å²) < 4.78 is 10.9. The average Bonchev–Trinajstić information content (AvgIpc) is 2.39. The summed E-state index contributed by atoms with van der Waals surface area (Å²) in [7, 11) is 0. The van der Waals surface area contributed by atoms with Gasteiger partial charge in [0.25, 0.3) is 0 Å². The quantitative estimate of drug-likeness (QED) is 0.731. The number of hydrogen-bond donors (Lipinski definition) is 2. The van der Waals surface area contributed by atoms with Crippen molar-refractivity contribution in [2.75, 3.05) is 32.9 Å². The lowest BCUT2D eigenvalue weighted by atomic mass is 10.1. The molecule has 2 aliphatic rings. The number of ether oxygens (including phenoxy) is 2. The fourth-order valence-corrected chi connectivity index (χ4v) is 2.24. The van der Waals surface area contributed by atoms with Crippen LogP contribution >= 0.6 is 0 Å². The van der Waals surface area contributed by atoms with E-state index in [0.717, 1.165) is 32.6 Å². The van der Waals surface area contributed by atoms with Crippen LogP contribution in [0.1, 0.15) is 25.7 Å².